The smallest absolute Gasteiger partial charge is 0.330 e. The first-order chi connectivity index (χ1) is 16.9. The molecule has 0 aliphatic carbocycles. The quantitative estimate of drug-likeness (QED) is 0.379. The highest BCUT2D eigenvalue weighted by Crippen LogP contribution is 2.28. The molecule has 1 heterocycles. The molecule has 178 valence electrons. The van der Waals surface area contributed by atoms with E-state index in [9.17, 15) is 19.2 Å². The summed E-state index contributed by atoms with van der Waals surface area (Å²) in [5, 5.41) is 2.96. The molecule has 9 heteroatoms. The second-order valence-corrected chi connectivity index (χ2v) is 8.17. The lowest BCUT2D eigenvalue weighted by atomic mass is 10.0. The minimum atomic E-state index is -1.25. The first kappa shape index (κ1) is 24.0. The molecule has 0 bridgehead atoms. The maximum absolute atomic E-state index is 13.1. The van der Waals surface area contributed by atoms with Gasteiger partial charge < -0.3 is 14.8 Å². The van der Waals surface area contributed by atoms with Crippen molar-refractivity contribution in [2.45, 2.75) is 12.5 Å². The zero-order chi connectivity index (χ0) is 24.9. The van der Waals surface area contributed by atoms with Crippen molar-refractivity contribution in [3.63, 3.8) is 0 Å². The molecule has 0 saturated carbocycles. The third-order valence-electron chi connectivity index (χ3n) is 5.46. The Balaban J connectivity index is 1.51. The van der Waals surface area contributed by atoms with E-state index in [1.165, 1.54) is 25.3 Å². The Kier molecular flexibility index (Phi) is 7.12. The van der Waals surface area contributed by atoms with Gasteiger partial charge in [-0.25, -0.2) is 4.79 Å². The zero-order valence-corrected chi connectivity index (χ0v) is 19.5. The van der Waals surface area contributed by atoms with Gasteiger partial charge in [0.25, 0.3) is 17.7 Å². The molecule has 35 heavy (non-hydrogen) atoms. The molecule has 1 aliphatic rings. The number of imide groups is 1. The highest BCUT2D eigenvalue weighted by atomic mass is 35.5. The van der Waals surface area contributed by atoms with Crippen molar-refractivity contribution < 1.29 is 28.7 Å². The van der Waals surface area contributed by atoms with Gasteiger partial charge in [0.15, 0.2) is 6.61 Å². The SMILES string of the molecule is COc1ccc(Cl)cc1NC(=O)COC(=O)[C@H](Cc1ccccc1)N1C(=O)c2ccccc2C1=O. The van der Waals surface area contributed by atoms with Crippen molar-refractivity contribution in [2.24, 2.45) is 0 Å². The summed E-state index contributed by atoms with van der Waals surface area (Å²) in [5.41, 5.74) is 1.46. The molecule has 0 spiro atoms. The number of hydrogen-bond donors (Lipinski definition) is 1. The molecular formula is C26H21ClN2O6. The molecule has 1 aliphatic heterocycles. The number of methoxy groups -OCH3 is 1. The minimum Gasteiger partial charge on any atom is -0.495 e. The van der Waals surface area contributed by atoms with Crippen LogP contribution in [-0.4, -0.2) is 48.3 Å². The van der Waals surface area contributed by atoms with E-state index in [1.54, 1.807) is 48.5 Å². The van der Waals surface area contributed by atoms with Gasteiger partial charge in [-0.15, -0.1) is 0 Å². The summed E-state index contributed by atoms with van der Waals surface area (Å²) in [5.74, 6) is -2.31. The standard InChI is InChI=1S/C26H21ClN2O6/c1-34-22-12-11-17(27)14-20(22)28-23(30)15-35-26(33)21(13-16-7-3-2-4-8-16)29-24(31)18-9-5-6-10-19(18)25(29)32/h2-12,14,21H,13,15H2,1H3,(H,28,30)/t21-/m0/s1. The number of benzene rings is 3. The van der Waals surface area contributed by atoms with Gasteiger partial charge in [-0.3, -0.25) is 19.3 Å². The second kappa shape index (κ2) is 10.4. The summed E-state index contributed by atoms with van der Waals surface area (Å²) in [7, 11) is 1.44. The van der Waals surface area contributed by atoms with Crippen molar-refractivity contribution in [2.75, 3.05) is 19.0 Å². The van der Waals surface area contributed by atoms with E-state index >= 15 is 0 Å². The van der Waals surface area contributed by atoms with Crippen LogP contribution >= 0.6 is 11.6 Å². The van der Waals surface area contributed by atoms with Gasteiger partial charge in [0.05, 0.1) is 23.9 Å². The molecule has 0 saturated heterocycles. The summed E-state index contributed by atoms with van der Waals surface area (Å²) in [6.07, 6.45) is 0.0366. The Morgan fingerprint density at radius 1 is 0.943 bits per heavy atom. The zero-order valence-electron chi connectivity index (χ0n) is 18.7. The van der Waals surface area contributed by atoms with E-state index in [0.717, 1.165) is 10.5 Å². The largest absolute Gasteiger partial charge is 0.495 e. The van der Waals surface area contributed by atoms with Crippen molar-refractivity contribution in [1.29, 1.82) is 0 Å². The van der Waals surface area contributed by atoms with Gasteiger partial charge >= 0.3 is 5.97 Å². The van der Waals surface area contributed by atoms with Gasteiger partial charge in [0.2, 0.25) is 0 Å². The Morgan fingerprint density at radius 2 is 1.57 bits per heavy atom. The fourth-order valence-corrected chi connectivity index (χ4v) is 3.98. The molecular weight excluding hydrogens is 472 g/mol. The molecule has 3 amide bonds. The van der Waals surface area contributed by atoms with Crippen LogP contribution in [0.4, 0.5) is 5.69 Å². The summed E-state index contributed by atoms with van der Waals surface area (Å²) in [4.78, 5) is 52.5. The molecule has 0 radical (unpaired) electrons. The molecule has 0 aromatic heterocycles. The summed E-state index contributed by atoms with van der Waals surface area (Å²) < 4.78 is 10.4. The van der Waals surface area contributed by atoms with E-state index in [4.69, 9.17) is 21.1 Å². The number of nitrogens with one attached hydrogen (secondary N) is 1. The van der Waals surface area contributed by atoms with Crippen LogP contribution < -0.4 is 10.1 Å². The van der Waals surface area contributed by atoms with Crippen LogP contribution in [0.15, 0.2) is 72.8 Å². The van der Waals surface area contributed by atoms with Gasteiger partial charge in [-0.05, 0) is 35.9 Å². The van der Waals surface area contributed by atoms with Crippen molar-refractivity contribution in [3.05, 3.63) is 94.5 Å². The molecule has 0 unspecified atom stereocenters. The monoisotopic (exact) mass is 492 g/mol. The topological polar surface area (TPSA) is 102 Å². The lowest BCUT2D eigenvalue weighted by Crippen LogP contribution is -2.47. The van der Waals surface area contributed by atoms with Gasteiger partial charge in [0.1, 0.15) is 11.8 Å². The molecule has 0 fully saturated rings. The number of ether oxygens (including phenoxy) is 2. The number of fused-ring (bicyclic) bond motifs is 1. The molecule has 4 rings (SSSR count). The Bertz CT molecular complexity index is 1260. The van der Waals surface area contributed by atoms with E-state index in [2.05, 4.69) is 5.32 Å². The maximum atomic E-state index is 13.1. The third-order valence-corrected chi connectivity index (χ3v) is 5.70. The lowest BCUT2D eigenvalue weighted by molar-refractivity contribution is -0.151. The van der Waals surface area contributed by atoms with Crippen LogP contribution in [0.5, 0.6) is 5.75 Å². The number of esters is 1. The third kappa shape index (κ3) is 5.17. The predicted octanol–water partition coefficient (Wildman–Crippen LogP) is 3.74. The van der Waals surface area contributed by atoms with E-state index in [-0.39, 0.29) is 17.5 Å². The minimum absolute atomic E-state index is 0.0366. The van der Waals surface area contributed by atoms with Crippen LogP contribution in [-0.2, 0) is 20.7 Å². The molecule has 8 nitrogen and oxygen atoms in total. The molecule has 1 N–H and O–H groups in total. The van der Waals surface area contributed by atoms with Gasteiger partial charge in [-0.2, -0.15) is 0 Å². The fraction of sp³-hybridized carbons (Fsp3) is 0.154. The number of halogens is 1. The van der Waals surface area contributed by atoms with Crippen LogP contribution in [0.2, 0.25) is 5.02 Å². The average Bonchev–Trinajstić information content (AvgIpc) is 3.12. The van der Waals surface area contributed by atoms with Crippen molar-refractivity contribution in [1.82, 2.24) is 4.90 Å². The van der Waals surface area contributed by atoms with Crippen LogP contribution in [0.25, 0.3) is 0 Å². The number of carbonyl (C=O) groups is 4. The molecule has 3 aromatic carbocycles. The highest BCUT2D eigenvalue weighted by molar-refractivity contribution is 6.31. The second-order valence-electron chi connectivity index (χ2n) is 7.73. The molecule has 1 atom stereocenters. The van der Waals surface area contributed by atoms with Gasteiger partial charge in [-0.1, -0.05) is 54.1 Å². The van der Waals surface area contributed by atoms with E-state index in [1.807, 2.05) is 6.07 Å². The lowest BCUT2D eigenvalue weighted by Gasteiger charge is -2.24. The summed E-state index contributed by atoms with van der Waals surface area (Å²) in [6.45, 7) is -0.636. The first-order valence-electron chi connectivity index (χ1n) is 10.7. The van der Waals surface area contributed by atoms with Crippen LogP contribution in [0, 0.1) is 0 Å². The summed E-state index contributed by atoms with van der Waals surface area (Å²) in [6, 6.07) is 18.7. The Morgan fingerprint density at radius 3 is 2.20 bits per heavy atom. The average molecular weight is 493 g/mol. The Labute approximate surface area is 206 Å². The van der Waals surface area contributed by atoms with Crippen molar-refractivity contribution in [3.8, 4) is 5.75 Å². The number of amides is 3. The first-order valence-corrected chi connectivity index (χ1v) is 11.1. The fourth-order valence-electron chi connectivity index (χ4n) is 3.81. The van der Waals surface area contributed by atoms with E-state index in [0.29, 0.717) is 16.5 Å². The predicted molar refractivity (Wildman–Crippen MR) is 128 cm³/mol. The van der Waals surface area contributed by atoms with Crippen molar-refractivity contribution >= 4 is 41.0 Å². The number of rotatable bonds is 8. The number of hydrogen-bond acceptors (Lipinski definition) is 6. The number of nitrogens with zero attached hydrogens (tertiary/aromatic N) is 1. The number of anilines is 1. The van der Waals surface area contributed by atoms with Crippen LogP contribution in [0.3, 0.4) is 0 Å². The molecule has 3 aromatic rings. The van der Waals surface area contributed by atoms with Crippen LogP contribution in [0.1, 0.15) is 26.3 Å². The maximum Gasteiger partial charge on any atom is 0.330 e. The Hall–Kier alpha value is -4.17. The van der Waals surface area contributed by atoms with Gasteiger partial charge in [0, 0.05) is 11.4 Å². The number of carbonyl (C=O) groups excluding carboxylic acids is 4. The van der Waals surface area contributed by atoms with E-state index < -0.39 is 36.3 Å². The normalized spacial score (nSPS) is 13.3. The highest BCUT2D eigenvalue weighted by Gasteiger charge is 2.43. The summed E-state index contributed by atoms with van der Waals surface area (Å²) >= 11 is 5.98.